The summed E-state index contributed by atoms with van der Waals surface area (Å²) >= 11 is 0. The lowest BCUT2D eigenvalue weighted by Crippen LogP contribution is -2.14. The van der Waals surface area contributed by atoms with E-state index >= 15 is 0 Å². The van der Waals surface area contributed by atoms with E-state index in [1.54, 1.807) is 0 Å². The highest BCUT2D eigenvalue weighted by atomic mass is 15.1. The summed E-state index contributed by atoms with van der Waals surface area (Å²) in [6.45, 7) is 4.69. The molecule has 1 aliphatic rings. The van der Waals surface area contributed by atoms with Gasteiger partial charge in [-0.15, -0.1) is 0 Å². The molecule has 266 valence electrons. The van der Waals surface area contributed by atoms with Crippen molar-refractivity contribution in [2.45, 2.75) is 19.3 Å². The summed E-state index contributed by atoms with van der Waals surface area (Å²) in [5, 5.41) is 2.53. The quantitative estimate of drug-likeness (QED) is 0.159. The van der Waals surface area contributed by atoms with E-state index in [1.165, 1.54) is 77.5 Å². The number of hydrogen-bond acceptors (Lipinski definition) is 1. The summed E-state index contributed by atoms with van der Waals surface area (Å²) in [6, 6.07) is 77.5. The fourth-order valence-corrected chi connectivity index (χ4v) is 8.71. The van der Waals surface area contributed by atoms with Crippen LogP contribution in [0.2, 0.25) is 0 Å². The molecule has 1 aliphatic carbocycles. The zero-order valence-corrected chi connectivity index (χ0v) is 31.7. The first-order valence-corrected chi connectivity index (χ1v) is 19.5. The van der Waals surface area contributed by atoms with E-state index in [0.717, 1.165) is 17.1 Å². The molecule has 0 amide bonds. The van der Waals surface area contributed by atoms with Crippen LogP contribution in [-0.4, -0.2) is 0 Å². The van der Waals surface area contributed by atoms with E-state index in [4.69, 9.17) is 0 Å². The van der Waals surface area contributed by atoms with Crippen LogP contribution in [0.3, 0.4) is 0 Å². The van der Waals surface area contributed by atoms with Crippen molar-refractivity contribution in [3.63, 3.8) is 0 Å². The zero-order chi connectivity index (χ0) is 37.6. The lowest BCUT2D eigenvalue weighted by molar-refractivity contribution is 0.660. The van der Waals surface area contributed by atoms with Gasteiger partial charge in [-0.3, -0.25) is 0 Å². The third-order valence-electron chi connectivity index (χ3n) is 11.7. The van der Waals surface area contributed by atoms with Gasteiger partial charge in [0.1, 0.15) is 0 Å². The van der Waals surface area contributed by atoms with Crippen molar-refractivity contribution >= 4 is 27.8 Å². The van der Waals surface area contributed by atoms with Crippen molar-refractivity contribution in [2.24, 2.45) is 0 Å². The fourth-order valence-electron chi connectivity index (χ4n) is 8.71. The molecule has 0 heterocycles. The molecule has 10 rings (SSSR count). The second-order valence-corrected chi connectivity index (χ2v) is 15.4. The van der Waals surface area contributed by atoms with Crippen LogP contribution in [0.5, 0.6) is 0 Å². The van der Waals surface area contributed by atoms with E-state index in [-0.39, 0.29) is 5.41 Å². The number of fused-ring (bicyclic) bond motifs is 4. The Morgan fingerprint density at radius 1 is 0.304 bits per heavy atom. The molecule has 0 spiro atoms. The molecule has 0 saturated heterocycles. The van der Waals surface area contributed by atoms with Crippen molar-refractivity contribution in [3.05, 3.63) is 223 Å². The van der Waals surface area contributed by atoms with Gasteiger partial charge in [-0.05, 0) is 126 Å². The lowest BCUT2D eigenvalue weighted by atomic mass is 9.81. The van der Waals surface area contributed by atoms with Crippen LogP contribution in [0.4, 0.5) is 17.1 Å². The minimum Gasteiger partial charge on any atom is -0.311 e. The maximum absolute atomic E-state index is 2.40. The monoisotopic (exact) mass is 715 g/mol. The number of rotatable bonds is 7. The van der Waals surface area contributed by atoms with Crippen molar-refractivity contribution in [2.75, 3.05) is 4.90 Å². The van der Waals surface area contributed by atoms with Crippen LogP contribution < -0.4 is 4.90 Å². The molecule has 1 nitrogen and oxygen atoms in total. The molecule has 0 aliphatic heterocycles. The molecule has 9 aromatic rings. The van der Waals surface area contributed by atoms with Gasteiger partial charge in [-0.25, -0.2) is 0 Å². The van der Waals surface area contributed by atoms with E-state index in [0.29, 0.717) is 0 Å². The topological polar surface area (TPSA) is 3.24 Å². The molecule has 0 fully saturated rings. The average molecular weight is 716 g/mol. The summed E-state index contributed by atoms with van der Waals surface area (Å²) in [5.41, 5.74) is 18.5. The SMILES string of the molecule is CC1(C)c2ccccc2-c2ccc(-c3ccc(N(c4ccc(-c5ccccc5)cc4)c4ccc(-c5cccc(-c6cccc7ccccc67)c5)cc4)cc3)cc21. The first-order chi connectivity index (χ1) is 27.5. The van der Waals surface area contributed by atoms with Gasteiger partial charge in [-0.2, -0.15) is 0 Å². The normalized spacial score (nSPS) is 12.6. The van der Waals surface area contributed by atoms with Crippen LogP contribution in [0.25, 0.3) is 66.4 Å². The summed E-state index contributed by atoms with van der Waals surface area (Å²) in [5.74, 6) is 0. The largest absolute Gasteiger partial charge is 0.311 e. The van der Waals surface area contributed by atoms with Gasteiger partial charge in [0.25, 0.3) is 0 Å². The average Bonchev–Trinajstić information content (AvgIpc) is 3.50. The first kappa shape index (κ1) is 33.6. The second-order valence-electron chi connectivity index (χ2n) is 15.4. The Morgan fingerprint density at radius 2 is 0.750 bits per heavy atom. The zero-order valence-electron chi connectivity index (χ0n) is 31.7. The van der Waals surface area contributed by atoms with Gasteiger partial charge >= 0.3 is 0 Å². The fraction of sp³-hybridized carbons (Fsp3) is 0.0545. The Labute approximate surface area is 329 Å². The van der Waals surface area contributed by atoms with E-state index < -0.39 is 0 Å². The van der Waals surface area contributed by atoms with Crippen molar-refractivity contribution in [1.82, 2.24) is 0 Å². The molecule has 0 N–H and O–H groups in total. The van der Waals surface area contributed by atoms with Crippen LogP contribution in [-0.2, 0) is 5.41 Å². The first-order valence-electron chi connectivity index (χ1n) is 19.5. The highest BCUT2D eigenvalue weighted by molar-refractivity contribution is 5.97. The van der Waals surface area contributed by atoms with Gasteiger partial charge in [0.05, 0.1) is 0 Å². The van der Waals surface area contributed by atoms with Crippen molar-refractivity contribution in [1.29, 1.82) is 0 Å². The molecule has 0 radical (unpaired) electrons. The minimum absolute atomic E-state index is 0.0337. The minimum atomic E-state index is -0.0337. The maximum atomic E-state index is 2.40. The van der Waals surface area contributed by atoms with Crippen molar-refractivity contribution < 1.29 is 0 Å². The summed E-state index contributed by atoms with van der Waals surface area (Å²) in [6.07, 6.45) is 0. The third kappa shape index (κ3) is 5.90. The second kappa shape index (κ2) is 13.7. The highest BCUT2D eigenvalue weighted by Crippen LogP contribution is 2.49. The molecule has 56 heavy (non-hydrogen) atoms. The number of benzene rings is 9. The Balaban J connectivity index is 1.000. The van der Waals surface area contributed by atoms with Crippen LogP contribution in [0.1, 0.15) is 25.0 Å². The lowest BCUT2D eigenvalue weighted by Gasteiger charge is -2.26. The molecule has 0 atom stereocenters. The van der Waals surface area contributed by atoms with Gasteiger partial charge in [-0.1, -0.05) is 178 Å². The molecule has 0 aromatic heterocycles. The molecular formula is C55H41N. The van der Waals surface area contributed by atoms with Gasteiger partial charge in [0.15, 0.2) is 0 Å². The maximum Gasteiger partial charge on any atom is 0.0462 e. The van der Waals surface area contributed by atoms with Crippen LogP contribution in [0.15, 0.2) is 212 Å². The van der Waals surface area contributed by atoms with Crippen LogP contribution >= 0.6 is 0 Å². The third-order valence-corrected chi connectivity index (χ3v) is 11.7. The standard InChI is InChI=1S/C55H41N/c1-55(2)53-21-9-8-19-51(53)52-35-28-44(37-54(52)55)41-26-33-48(34-27-41)56(46-29-22-39(23-30-46)38-12-4-3-5-13-38)47-31-24-40(25-32-47)43-16-10-17-45(36-43)50-20-11-15-42-14-6-7-18-49(42)50/h3-37H,1-2H3. The number of nitrogens with zero attached hydrogens (tertiary/aromatic N) is 1. The Hall–Kier alpha value is -6.96. The predicted octanol–water partition coefficient (Wildman–Crippen LogP) is 15.3. The van der Waals surface area contributed by atoms with E-state index in [2.05, 4.69) is 231 Å². The number of hydrogen-bond donors (Lipinski definition) is 0. The van der Waals surface area contributed by atoms with Gasteiger partial charge in [0, 0.05) is 22.5 Å². The van der Waals surface area contributed by atoms with Gasteiger partial charge in [0.2, 0.25) is 0 Å². The number of anilines is 3. The smallest absolute Gasteiger partial charge is 0.0462 e. The molecular weight excluding hydrogens is 675 g/mol. The summed E-state index contributed by atoms with van der Waals surface area (Å²) in [4.78, 5) is 2.36. The van der Waals surface area contributed by atoms with Crippen LogP contribution in [0, 0.1) is 0 Å². The highest BCUT2D eigenvalue weighted by Gasteiger charge is 2.35. The molecule has 0 unspecified atom stereocenters. The molecule has 9 aromatic carbocycles. The molecule has 0 saturated carbocycles. The van der Waals surface area contributed by atoms with Crippen molar-refractivity contribution in [3.8, 4) is 55.6 Å². The van der Waals surface area contributed by atoms with E-state index in [9.17, 15) is 0 Å². The Bertz CT molecular complexity index is 2840. The summed E-state index contributed by atoms with van der Waals surface area (Å²) in [7, 11) is 0. The Kier molecular flexibility index (Phi) is 8.23. The predicted molar refractivity (Wildman–Crippen MR) is 238 cm³/mol. The summed E-state index contributed by atoms with van der Waals surface area (Å²) < 4.78 is 0. The van der Waals surface area contributed by atoms with E-state index in [1.807, 2.05) is 0 Å². The van der Waals surface area contributed by atoms with Gasteiger partial charge < -0.3 is 4.90 Å². The molecule has 0 bridgehead atoms. The molecule has 1 heteroatoms. The Morgan fingerprint density at radius 3 is 1.45 bits per heavy atom.